The summed E-state index contributed by atoms with van der Waals surface area (Å²) in [5.41, 5.74) is 1.91. The van der Waals surface area contributed by atoms with Gasteiger partial charge in [-0.1, -0.05) is 38.0 Å². The second-order valence-corrected chi connectivity index (χ2v) is 10.7. The molecule has 1 amide bonds. The van der Waals surface area contributed by atoms with Crippen molar-refractivity contribution in [1.82, 2.24) is 5.32 Å². The van der Waals surface area contributed by atoms with Crippen LogP contribution < -0.4 is 9.62 Å². The van der Waals surface area contributed by atoms with Crippen LogP contribution in [0.25, 0.3) is 0 Å². The van der Waals surface area contributed by atoms with Gasteiger partial charge in [0.2, 0.25) is 0 Å². The molecular formula is C25H30N2O5S. The Hall–Kier alpha value is -2.87. The quantitative estimate of drug-likeness (QED) is 0.650. The minimum atomic E-state index is -3.75. The average molecular weight is 471 g/mol. The van der Waals surface area contributed by atoms with E-state index < -0.39 is 16.0 Å². The van der Waals surface area contributed by atoms with Crippen LogP contribution >= 0.6 is 0 Å². The Balaban J connectivity index is 1.38. The molecule has 1 aliphatic heterocycles. The molecule has 0 aromatic heterocycles. The SMILES string of the molecule is C[C@H]1CCCC[C@@H]1NC(=O)COC(=O)c1ccc(S(=O)(=O)N2CCCc3ccccc32)cc1. The average Bonchev–Trinajstić information content (AvgIpc) is 2.83. The number of hydrogen-bond donors (Lipinski definition) is 1. The van der Waals surface area contributed by atoms with Gasteiger partial charge in [-0.15, -0.1) is 0 Å². The van der Waals surface area contributed by atoms with Crippen LogP contribution in [0.5, 0.6) is 0 Å². The molecule has 0 saturated heterocycles. The van der Waals surface area contributed by atoms with Crippen LogP contribution in [-0.2, 0) is 26.0 Å². The van der Waals surface area contributed by atoms with E-state index >= 15 is 0 Å². The van der Waals surface area contributed by atoms with E-state index in [4.69, 9.17) is 4.74 Å². The Bertz CT molecular complexity index is 1110. The normalized spacial score (nSPS) is 20.6. The number of anilines is 1. The van der Waals surface area contributed by atoms with Gasteiger partial charge in [0.25, 0.3) is 15.9 Å². The minimum Gasteiger partial charge on any atom is -0.452 e. The summed E-state index contributed by atoms with van der Waals surface area (Å²) < 4.78 is 33.0. The molecule has 176 valence electrons. The molecule has 33 heavy (non-hydrogen) atoms. The van der Waals surface area contributed by atoms with Crippen molar-refractivity contribution >= 4 is 27.6 Å². The highest BCUT2D eigenvalue weighted by atomic mass is 32.2. The van der Waals surface area contributed by atoms with E-state index in [2.05, 4.69) is 12.2 Å². The van der Waals surface area contributed by atoms with Crippen molar-refractivity contribution in [2.75, 3.05) is 17.5 Å². The number of sulfonamides is 1. The van der Waals surface area contributed by atoms with Gasteiger partial charge in [0.15, 0.2) is 6.61 Å². The monoisotopic (exact) mass is 470 g/mol. The predicted molar refractivity (Wildman–Crippen MR) is 126 cm³/mol. The summed E-state index contributed by atoms with van der Waals surface area (Å²) in [6.07, 6.45) is 5.90. The first-order valence-electron chi connectivity index (χ1n) is 11.5. The zero-order valence-electron chi connectivity index (χ0n) is 18.8. The molecule has 2 aromatic rings. The van der Waals surface area contributed by atoms with Gasteiger partial charge in [-0.3, -0.25) is 9.10 Å². The fourth-order valence-corrected chi connectivity index (χ4v) is 6.17. The molecule has 0 radical (unpaired) electrons. The summed E-state index contributed by atoms with van der Waals surface area (Å²) in [5.74, 6) is -0.557. The molecule has 1 fully saturated rings. The van der Waals surface area contributed by atoms with Crippen molar-refractivity contribution in [1.29, 1.82) is 0 Å². The van der Waals surface area contributed by atoms with Gasteiger partial charge in [-0.05, 0) is 67.5 Å². The fraction of sp³-hybridized carbons (Fsp3) is 0.440. The molecule has 8 heteroatoms. The first-order chi connectivity index (χ1) is 15.9. The number of nitrogens with one attached hydrogen (secondary N) is 1. The molecule has 7 nitrogen and oxygen atoms in total. The largest absolute Gasteiger partial charge is 0.452 e. The van der Waals surface area contributed by atoms with Gasteiger partial charge in [-0.2, -0.15) is 0 Å². The highest BCUT2D eigenvalue weighted by molar-refractivity contribution is 7.92. The third-order valence-electron chi connectivity index (χ3n) is 6.54. The number of rotatable bonds is 6. The number of para-hydroxylation sites is 1. The zero-order valence-corrected chi connectivity index (χ0v) is 19.6. The molecule has 2 aliphatic rings. The Labute approximate surface area is 195 Å². The van der Waals surface area contributed by atoms with Crippen LogP contribution in [0.15, 0.2) is 53.4 Å². The minimum absolute atomic E-state index is 0.111. The number of carbonyl (C=O) groups is 2. The summed E-state index contributed by atoms with van der Waals surface area (Å²) in [6.45, 7) is 2.18. The zero-order chi connectivity index (χ0) is 23.4. The van der Waals surface area contributed by atoms with E-state index in [0.29, 0.717) is 18.2 Å². The maximum absolute atomic E-state index is 13.2. The lowest BCUT2D eigenvalue weighted by Gasteiger charge is -2.30. The topological polar surface area (TPSA) is 92.8 Å². The smallest absolute Gasteiger partial charge is 0.338 e. The Morgan fingerprint density at radius 1 is 1.03 bits per heavy atom. The highest BCUT2D eigenvalue weighted by Crippen LogP contribution is 2.31. The van der Waals surface area contributed by atoms with Crippen LogP contribution in [0.3, 0.4) is 0 Å². The van der Waals surface area contributed by atoms with Crippen LogP contribution in [0.2, 0.25) is 0 Å². The van der Waals surface area contributed by atoms with E-state index in [0.717, 1.165) is 37.7 Å². The second kappa shape index (κ2) is 9.95. The lowest BCUT2D eigenvalue weighted by atomic mass is 9.86. The molecule has 4 rings (SSSR count). The van der Waals surface area contributed by atoms with Gasteiger partial charge in [0.05, 0.1) is 16.1 Å². The van der Waals surface area contributed by atoms with Gasteiger partial charge < -0.3 is 10.1 Å². The van der Waals surface area contributed by atoms with Crippen molar-refractivity contribution < 1.29 is 22.7 Å². The van der Waals surface area contributed by atoms with Crippen LogP contribution in [-0.4, -0.2) is 39.5 Å². The van der Waals surface area contributed by atoms with Crippen molar-refractivity contribution in [2.24, 2.45) is 5.92 Å². The number of aryl methyl sites for hydroxylation is 1. The fourth-order valence-electron chi connectivity index (χ4n) is 4.63. The van der Waals surface area contributed by atoms with Gasteiger partial charge in [0, 0.05) is 12.6 Å². The Morgan fingerprint density at radius 2 is 1.76 bits per heavy atom. The van der Waals surface area contributed by atoms with Crippen molar-refractivity contribution in [3.05, 3.63) is 59.7 Å². The third kappa shape index (κ3) is 5.21. The molecule has 0 unspecified atom stereocenters. The third-order valence-corrected chi connectivity index (χ3v) is 8.37. The number of carbonyl (C=O) groups excluding carboxylic acids is 2. The predicted octanol–water partition coefficient (Wildman–Crippen LogP) is 3.68. The molecule has 2 atom stereocenters. The summed E-state index contributed by atoms with van der Waals surface area (Å²) in [5, 5.41) is 2.95. The first kappa shape index (κ1) is 23.3. The standard InChI is InChI=1S/C25H30N2O5S/c1-18-7-2-4-10-22(18)26-24(28)17-32-25(29)20-12-14-21(15-13-20)33(30,31)27-16-6-9-19-8-3-5-11-23(19)27/h3,5,8,11-15,18,22H,2,4,6-7,9-10,16-17H2,1H3,(H,26,28)/t18-,22-/m0/s1. The van der Waals surface area contributed by atoms with Crippen LogP contribution in [0, 0.1) is 5.92 Å². The Kier molecular flexibility index (Phi) is 7.02. The summed E-state index contributed by atoms with van der Waals surface area (Å²) in [7, 11) is -3.75. The van der Waals surface area contributed by atoms with Crippen molar-refractivity contribution in [2.45, 2.75) is 56.4 Å². The van der Waals surface area contributed by atoms with Gasteiger partial charge >= 0.3 is 5.97 Å². The number of fused-ring (bicyclic) bond motifs is 1. The summed E-state index contributed by atoms with van der Waals surface area (Å²) >= 11 is 0. The number of amides is 1. The van der Waals surface area contributed by atoms with Crippen LogP contribution in [0.4, 0.5) is 5.69 Å². The number of esters is 1. The van der Waals surface area contributed by atoms with Crippen molar-refractivity contribution in [3.63, 3.8) is 0 Å². The number of ether oxygens (including phenoxy) is 1. The van der Waals surface area contributed by atoms with Gasteiger partial charge in [-0.25, -0.2) is 13.2 Å². The number of benzene rings is 2. The van der Waals surface area contributed by atoms with Crippen molar-refractivity contribution in [3.8, 4) is 0 Å². The number of nitrogens with zero attached hydrogens (tertiary/aromatic N) is 1. The van der Waals surface area contributed by atoms with E-state index in [1.807, 2.05) is 24.3 Å². The summed E-state index contributed by atoms with van der Waals surface area (Å²) in [4.78, 5) is 24.7. The van der Waals surface area contributed by atoms with E-state index in [1.165, 1.54) is 35.0 Å². The molecule has 0 bridgehead atoms. The van der Waals surface area contributed by atoms with E-state index in [9.17, 15) is 18.0 Å². The molecule has 1 saturated carbocycles. The van der Waals surface area contributed by atoms with Gasteiger partial charge in [0.1, 0.15) is 0 Å². The van der Waals surface area contributed by atoms with E-state index in [-0.39, 0.29) is 29.0 Å². The second-order valence-electron chi connectivity index (χ2n) is 8.85. The lowest BCUT2D eigenvalue weighted by molar-refractivity contribution is -0.125. The maximum atomic E-state index is 13.2. The highest BCUT2D eigenvalue weighted by Gasteiger charge is 2.29. The lowest BCUT2D eigenvalue weighted by Crippen LogP contribution is -2.42. The molecule has 1 N–H and O–H groups in total. The molecule has 2 aromatic carbocycles. The first-order valence-corrected chi connectivity index (χ1v) is 13.0. The molecule has 1 aliphatic carbocycles. The Morgan fingerprint density at radius 3 is 2.52 bits per heavy atom. The molecule has 0 spiro atoms. The number of hydrogen-bond acceptors (Lipinski definition) is 5. The summed E-state index contributed by atoms with van der Waals surface area (Å²) in [6, 6.07) is 13.3. The maximum Gasteiger partial charge on any atom is 0.338 e. The van der Waals surface area contributed by atoms with Crippen LogP contribution in [0.1, 0.15) is 54.9 Å². The van der Waals surface area contributed by atoms with E-state index in [1.54, 1.807) is 0 Å². The molecular weight excluding hydrogens is 440 g/mol. The molecule has 1 heterocycles.